The maximum Gasteiger partial charge on any atom is 0.191 e. The Balaban J connectivity index is 1.42. The summed E-state index contributed by atoms with van der Waals surface area (Å²) < 4.78 is 13.5. The van der Waals surface area contributed by atoms with E-state index in [1.807, 2.05) is 12.1 Å². The normalized spacial score (nSPS) is 20.2. The van der Waals surface area contributed by atoms with Crippen LogP contribution in [-0.4, -0.2) is 26.1 Å². The molecule has 0 heterocycles. The number of guanidine groups is 1. The van der Waals surface area contributed by atoms with E-state index in [2.05, 4.69) is 15.6 Å². The number of nitrogens with one attached hydrogen (secondary N) is 2. The highest BCUT2D eigenvalue weighted by Crippen LogP contribution is 2.60. The van der Waals surface area contributed by atoms with Crippen molar-refractivity contribution in [1.29, 1.82) is 0 Å². The summed E-state index contributed by atoms with van der Waals surface area (Å²) in [7, 11) is 1.79. The fraction of sp³-hybridized carbons (Fsp3) is 0.588. The molecule has 0 aliphatic heterocycles. The molecule has 114 valence electrons. The summed E-state index contributed by atoms with van der Waals surface area (Å²) >= 11 is 0. The number of hydrogen-bond donors (Lipinski definition) is 2. The van der Waals surface area contributed by atoms with E-state index in [1.165, 1.54) is 31.7 Å². The van der Waals surface area contributed by atoms with Gasteiger partial charge in [0.1, 0.15) is 5.82 Å². The first-order valence-corrected chi connectivity index (χ1v) is 7.91. The van der Waals surface area contributed by atoms with Crippen LogP contribution in [0.3, 0.4) is 0 Å². The molecule has 3 nitrogen and oxygen atoms in total. The number of aliphatic imine (C=N–C) groups is 1. The molecule has 0 aromatic heterocycles. The summed E-state index contributed by atoms with van der Waals surface area (Å²) in [6.07, 6.45) is 6.19. The standard InChI is InChI=1S/C17H24FN3/c1-19-16(21-12-17(9-10-17)14-6-7-14)20-11-8-13-4-2-3-5-15(13)18/h2-5,14H,6-12H2,1H3,(H2,19,20,21). The number of benzene rings is 1. The molecule has 0 unspecified atom stereocenters. The highest BCUT2D eigenvalue weighted by Gasteiger charge is 2.53. The Kier molecular flexibility index (Phi) is 4.13. The van der Waals surface area contributed by atoms with Gasteiger partial charge in [-0.25, -0.2) is 4.39 Å². The number of rotatable bonds is 6. The van der Waals surface area contributed by atoms with Gasteiger partial charge < -0.3 is 10.6 Å². The minimum Gasteiger partial charge on any atom is -0.356 e. The largest absolute Gasteiger partial charge is 0.356 e. The molecule has 2 aliphatic carbocycles. The lowest BCUT2D eigenvalue weighted by Gasteiger charge is -2.18. The van der Waals surface area contributed by atoms with E-state index in [9.17, 15) is 4.39 Å². The van der Waals surface area contributed by atoms with Gasteiger partial charge in [0.15, 0.2) is 5.96 Å². The lowest BCUT2D eigenvalue weighted by Crippen LogP contribution is -2.41. The Labute approximate surface area is 126 Å². The Morgan fingerprint density at radius 1 is 1.29 bits per heavy atom. The summed E-state index contributed by atoms with van der Waals surface area (Å²) in [4.78, 5) is 4.25. The average molecular weight is 289 g/mol. The monoisotopic (exact) mass is 289 g/mol. The summed E-state index contributed by atoms with van der Waals surface area (Å²) in [5.41, 5.74) is 1.31. The molecule has 2 N–H and O–H groups in total. The summed E-state index contributed by atoms with van der Waals surface area (Å²) in [5.74, 6) is 1.65. The van der Waals surface area contributed by atoms with E-state index in [4.69, 9.17) is 0 Å². The molecular weight excluding hydrogens is 265 g/mol. The average Bonchev–Trinajstić information content (AvgIpc) is 3.37. The van der Waals surface area contributed by atoms with E-state index < -0.39 is 0 Å². The van der Waals surface area contributed by atoms with Gasteiger partial charge in [-0.05, 0) is 55.1 Å². The summed E-state index contributed by atoms with van der Waals surface area (Å²) in [5, 5.41) is 6.72. The van der Waals surface area contributed by atoms with Crippen molar-refractivity contribution < 1.29 is 4.39 Å². The predicted octanol–water partition coefficient (Wildman–Crippen LogP) is 2.72. The Bertz CT molecular complexity index is 519. The van der Waals surface area contributed by atoms with Crippen LogP contribution in [0, 0.1) is 17.2 Å². The van der Waals surface area contributed by atoms with Crippen LogP contribution in [0.4, 0.5) is 4.39 Å². The van der Waals surface area contributed by atoms with Crippen molar-refractivity contribution in [3.05, 3.63) is 35.6 Å². The number of halogens is 1. The van der Waals surface area contributed by atoms with E-state index >= 15 is 0 Å². The van der Waals surface area contributed by atoms with Crippen LogP contribution in [0.1, 0.15) is 31.2 Å². The molecule has 4 heteroatoms. The molecule has 0 saturated heterocycles. The van der Waals surface area contributed by atoms with Crippen molar-refractivity contribution >= 4 is 5.96 Å². The SMILES string of the molecule is CN=C(NCCc1ccccc1F)NCC1(C2CC2)CC1. The molecule has 2 saturated carbocycles. The third kappa shape index (κ3) is 3.55. The molecule has 3 rings (SSSR count). The molecule has 2 aliphatic rings. The molecule has 21 heavy (non-hydrogen) atoms. The molecule has 0 bridgehead atoms. The first-order valence-electron chi connectivity index (χ1n) is 7.91. The van der Waals surface area contributed by atoms with E-state index in [0.717, 1.165) is 24.0 Å². The second kappa shape index (κ2) is 6.04. The zero-order valence-electron chi connectivity index (χ0n) is 12.7. The van der Waals surface area contributed by atoms with E-state index in [1.54, 1.807) is 13.1 Å². The first-order chi connectivity index (χ1) is 10.2. The minimum absolute atomic E-state index is 0.132. The fourth-order valence-corrected chi connectivity index (χ4v) is 3.08. The van der Waals surface area contributed by atoms with Gasteiger partial charge in [-0.3, -0.25) is 4.99 Å². The van der Waals surface area contributed by atoms with Crippen molar-refractivity contribution in [3.63, 3.8) is 0 Å². The minimum atomic E-state index is -0.132. The van der Waals surface area contributed by atoms with E-state index in [-0.39, 0.29) is 5.82 Å². The second-order valence-corrected chi connectivity index (χ2v) is 6.33. The Morgan fingerprint density at radius 3 is 2.67 bits per heavy atom. The number of hydrogen-bond acceptors (Lipinski definition) is 1. The Morgan fingerprint density at radius 2 is 2.05 bits per heavy atom. The van der Waals surface area contributed by atoms with Gasteiger partial charge in [-0.1, -0.05) is 18.2 Å². The van der Waals surface area contributed by atoms with Crippen LogP contribution in [0.15, 0.2) is 29.3 Å². The van der Waals surface area contributed by atoms with Gasteiger partial charge in [0, 0.05) is 20.1 Å². The van der Waals surface area contributed by atoms with Gasteiger partial charge in [0.05, 0.1) is 0 Å². The van der Waals surface area contributed by atoms with Crippen molar-refractivity contribution in [2.45, 2.75) is 32.1 Å². The molecule has 0 spiro atoms. The molecule has 1 aromatic rings. The second-order valence-electron chi connectivity index (χ2n) is 6.33. The van der Waals surface area contributed by atoms with Crippen LogP contribution >= 0.6 is 0 Å². The van der Waals surface area contributed by atoms with Crippen molar-refractivity contribution in [3.8, 4) is 0 Å². The van der Waals surface area contributed by atoms with Crippen molar-refractivity contribution in [2.75, 3.05) is 20.1 Å². The Hall–Kier alpha value is -1.58. The lowest BCUT2D eigenvalue weighted by atomic mass is 10.0. The van der Waals surface area contributed by atoms with Gasteiger partial charge in [-0.15, -0.1) is 0 Å². The summed E-state index contributed by atoms with van der Waals surface area (Å²) in [6.45, 7) is 1.72. The predicted molar refractivity (Wildman–Crippen MR) is 83.9 cm³/mol. The van der Waals surface area contributed by atoms with Gasteiger partial charge in [0.25, 0.3) is 0 Å². The highest BCUT2D eigenvalue weighted by atomic mass is 19.1. The summed E-state index contributed by atoms with van der Waals surface area (Å²) in [6, 6.07) is 6.94. The molecule has 0 amide bonds. The van der Waals surface area contributed by atoms with Crippen LogP contribution in [0.5, 0.6) is 0 Å². The third-order valence-electron chi connectivity index (χ3n) is 4.81. The van der Waals surface area contributed by atoms with Crippen LogP contribution < -0.4 is 10.6 Å². The third-order valence-corrected chi connectivity index (χ3v) is 4.81. The topological polar surface area (TPSA) is 36.4 Å². The molecule has 0 radical (unpaired) electrons. The van der Waals surface area contributed by atoms with Crippen LogP contribution in [0.2, 0.25) is 0 Å². The van der Waals surface area contributed by atoms with Gasteiger partial charge in [0.2, 0.25) is 0 Å². The van der Waals surface area contributed by atoms with Crippen molar-refractivity contribution in [2.24, 2.45) is 16.3 Å². The van der Waals surface area contributed by atoms with Crippen LogP contribution in [0.25, 0.3) is 0 Å². The van der Waals surface area contributed by atoms with E-state index in [0.29, 0.717) is 18.4 Å². The highest BCUT2D eigenvalue weighted by molar-refractivity contribution is 5.79. The molecule has 1 aromatic carbocycles. The molecule has 0 atom stereocenters. The zero-order chi connectivity index (χ0) is 14.7. The first kappa shape index (κ1) is 14.4. The maximum absolute atomic E-state index is 13.5. The molecular formula is C17H24FN3. The fourth-order valence-electron chi connectivity index (χ4n) is 3.08. The van der Waals surface area contributed by atoms with Gasteiger partial charge >= 0.3 is 0 Å². The van der Waals surface area contributed by atoms with Gasteiger partial charge in [-0.2, -0.15) is 0 Å². The lowest BCUT2D eigenvalue weighted by molar-refractivity contribution is 0.431. The smallest absolute Gasteiger partial charge is 0.191 e. The van der Waals surface area contributed by atoms with Crippen LogP contribution in [-0.2, 0) is 6.42 Å². The zero-order valence-corrected chi connectivity index (χ0v) is 12.7. The molecule has 2 fully saturated rings. The number of nitrogens with zero attached hydrogens (tertiary/aromatic N) is 1. The van der Waals surface area contributed by atoms with Crippen molar-refractivity contribution in [1.82, 2.24) is 10.6 Å². The maximum atomic E-state index is 13.5. The quantitative estimate of drug-likeness (QED) is 0.624.